The average Bonchev–Trinajstić information content (AvgIpc) is 2.47. The maximum Gasteiger partial charge on any atom is 0.338 e. The zero-order valence-corrected chi connectivity index (χ0v) is 12.9. The second kappa shape index (κ2) is 10.5. The largest absolute Gasteiger partial charge is 0.459 e. The van der Waals surface area contributed by atoms with E-state index in [1.807, 2.05) is 25.1 Å². The van der Waals surface area contributed by atoms with Crippen molar-refractivity contribution in [3.05, 3.63) is 35.9 Å². The van der Waals surface area contributed by atoms with E-state index in [9.17, 15) is 4.79 Å². The first-order valence-corrected chi connectivity index (χ1v) is 8.00. The molecule has 20 heavy (non-hydrogen) atoms. The smallest absolute Gasteiger partial charge is 0.338 e. The molecule has 1 rings (SSSR count). The molecule has 112 valence electrons. The average molecular weight is 276 g/mol. The van der Waals surface area contributed by atoms with E-state index in [2.05, 4.69) is 6.92 Å². The Balaban J connectivity index is 2.08. The van der Waals surface area contributed by atoms with Crippen molar-refractivity contribution in [2.75, 3.05) is 0 Å². The van der Waals surface area contributed by atoms with E-state index in [4.69, 9.17) is 4.74 Å². The Morgan fingerprint density at radius 1 is 1.00 bits per heavy atom. The Labute approximate surface area is 123 Å². The summed E-state index contributed by atoms with van der Waals surface area (Å²) < 4.78 is 5.44. The van der Waals surface area contributed by atoms with Crippen LogP contribution in [0.5, 0.6) is 0 Å². The molecule has 0 aliphatic rings. The van der Waals surface area contributed by atoms with Crippen LogP contribution < -0.4 is 0 Å². The summed E-state index contributed by atoms with van der Waals surface area (Å²) in [5.41, 5.74) is 0.638. The number of benzene rings is 1. The van der Waals surface area contributed by atoms with E-state index in [1.54, 1.807) is 12.1 Å². The monoisotopic (exact) mass is 276 g/mol. The molecule has 0 radical (unpaired) electrons. The van der Waals surface area contributed by atoms with Crippen LogP contribution in [-0.4, -0.2) is 12.1 Å². The van der Waals surface area contributed by atoms with E-state index >= 15 is 0 Å². The minimum Gasteiger partial charge on any atom is -0.459 e. The Morgan fingerprint density at radius 3 is 2.25 bits per heavy atom. The Bertz CT molecular complexity index is 359. The summed E-state index contributed by atoms with van der Waals surface area (Å²) in [5, 5.41) is 0. The highest BCUT2D eigenvalue weighted by Gasteiger charge is 2.10. The minimum absolute atomic E-state index is 0.0124. The Morgan fingerprint density at radius 2 is 1.60 bits per heavy atom. The van der Waals surface area contributed by atoms with Crippen molar-refractivity contribution in [1.82, 2.24) is 0 Å². The standard InChI is InChI=1S/C18H28O2/c1-3-4-5-6-7-8-10-13-16(2)20-18(19)17-14-11-9-12-15-17/h9,11-12,14-16H,3-8,10,13H2,1-2H3/t16-/m0/s1. The molecule has 0 N–H and O–H groups in total. The van der Waals surface area contributed by atoms with E-state index in [0.717, 1.165) is 12.8 Å². The lowest BCUT2D eigenvalue weighted by atomic mass is 10.1. The number of hydrogen-bond acceptors (Lipinski definition) is 2. The number of hydrogen-bond donors (Lipinski definition) is 0. The topological polar surface area (TPSA) is 26.3 Å². The van der Waals surface area contributed by atoms with Gasteiger partial charge in [-0.3, -0.25) is 0 Å². The predicted octanol–water partition coefficient (Wildman–Crippen LogP) is 5.37. The first kappa shape index (κ1) is 16.7. The van der Waals surface area contributed by atoms with Gasteiger partial charge in [0.1, 0.15) is 0 Å². The number of rotatable bonds is 10. The quantitative estimate of drug-likeness (QED) is 0.424. The third-order valence-corrected chi connectivity index (χ3v) is 3.53. The fourth-order valence-corrected chi connectivity index (χ4v) is 2.27. The predicted molar refractivity (Wildman–Crippen MR) is 83.9 cm³/mol. The highest BCUT2D eigenvalue weighted by atomic mass is 16.5. The summed E-state index contributed by atoms with van der Waals surface area (Å²) in [6.45, 7) is 4.22. The van der Waals surface area contributed by atoms with Crippen LogP contribution in [0.3, 0.4) is 0 Å². The number of carbonyl (C=O) groups excluding carboxylic acids is 1. The number of ether oxygens (including phenoxy) is 1. The van der Waals surface area contributed by atoms with E-state index in [1.165, 1.54) is 38.5 Å². The second-order valence-electron chi connectivity index (χ2n) is 5.49. The third kappa shape index (κ3) is 7.32. The SMILES string of the molecule is CCCCCCCCC[C@H](C)OC(=O)c1ccccc1. The lowest BCUT2D eigenvalue weighted by molar-refractivity contribution is 0.0319. The van der Waals surface area contributed by atoms with Crippen molar-refractivity contribution < 1.29 is 9.53 Å². The van der Waals surface area contributed by atoms with Crippen molar-refractivity contribution in [2.45, 2.75) is 71.3 Å². The number of carbonyl (C=O) groups is 1. The molecule has 0 saturated heterocycles. The zero-order valence-electron chi connectivity index (χ0n) is 12.9. The lowest BCUT2D eigenvalue weighted by Gasteiger charge is -2.13. The van der Waals surface area contributed by atoms with Gasteiger partial charge in [0, 0.05) is 0 Å². The van der Waals surface area contributed by atoms with Crippen molar-refractivity contribution in [3.8, 4) is 0 Å². The molecule has 0 aliphatic heterocycles. The molecule has 2 heteroatoms. The van der Waals surface area contributed by atoms with Gasteiger partial charge in [-0.25, -0.2) is 4.79 Å². The van der Waals surface area contributed by atoms with Crippen LogP contribution in [-0.2, 0) is 4.74 Å². The molecule has 1 atom stereocenters. The van der Waals surface area contributed by atoms with Crippen molar-refractivity contribution in [1.29, 1.82) is 0 Å². The molecule has 0 spiro atoms. The van der Waals surface area contributed by atoms with Gasteiger partial charge in [0.05, 0.1) is 11.7 Å². The molecule has 0 heterocycles. The summed E-state index contributed by atoms with van der Waals surface area (Å²) in [6, 6.07) is 9.21. The summed E-state index contributed by atoms with van der Waals surface area (Å²) in [7, 11) is 0. The Kier molecular flexibility index (Phi) is 8.77. The molecule has 2 nitrogen and oxygen atoms in total. The van der Waals surface area contributed by atoms with Crippen LogP contribution in [0, 0.1) is 0 Å². The molecule has 0 bridgehead atoms. The van der Waals surface area contributed by atoms with Crippen LogP contribution >= 0.6 is 0 Å². The van der Waals surface area contributed by atoms with Crippen LogP contribution in [0.1, 0.15) is 75.6 Å². The molecule has 1 aromatic rings. The maximum atomic E-state index is 11.8. The molecule has 0 fully saturated rings. The molecule has 0 unspecified atom stereocenters. The van der Waals surface area contributed by atoms with Crippen molar-refractivity contribution >= 4 is 5.97 Å². The zero-order chi connectivity index (χ0) is 14.6. The fourth-order valence-electron chi connectivity index (χ4n) is 2.27. The lowest BCUT2D eigenvalue weighted by Crippen LogP contribution is -2.14. The van der Waals surface area contributed by atoms with Crippen LogP contribution in [0.25, 0.3) is 0 Å². The van der Waals surface area contributed by atoms with Crippen LogP contribution in [0.2, 0.25) is 0 Å². The molecular formula is C18H28O2. The first-order chi connectivity index (χ1) is 9.74. The van der Waals surface area contributed by atoms with Gasteiger partial charge in [-0.1, -0.05) is 63.6 Å². The number of unbranched alkanes of at least 4 members (excludes halogenated alkanes) is 6. The van der Waals surface area contributed by atoms with Crippen molar-refractivity contribution in [3.63, 3.8) is 0 Å². The van der Waals surface area contributed by atoms with Crippen LogP contribution in [0.15, 0.2) is 30.3 Å². The summed E-state index contributed by atoms with van der Waals surface area (Å²) in [4.78, 5) is 11.8. The number of esters is 1. The molecule has 0 aromatic heterocycles. The maximum absolute atomic E-state index is 11.8. The summed E-state index contributed by atoms with van der Waals surface area (Å²) in [6.07, 6.45) is 10.0. The second-order valence-corrected chi connectivity index (χ2v) is 5.49. The van der Waals surface area contributed by atoms with E-state index in [-0.39, 0.29) is 12.1 Å². The highest BCUT2D eigenvalue weighted by molar-refractivity contribution is 5.89. The minimum atomic E-state index is -0.207. The van der Waals surface area contributed by atoms with Gasteiger partial charge in [-0.05, 0) is 31.9 Å². The van der Waals surface area contributed by atoms with E-state index in [0.29, 0.717) is 5.56 Å². The van der Waals surface area contributed by atoms with Gasteiger partial charge < -0.3 is 4.74 Å². The van der Waals surface area contributed by atoms with Crippen molar-refractivity contribution in [2.24, 2.45) is 0 Å². The third-order valence-electron chi connectivity index (χ3n) is 3.53. The molecule has 0 aliphatic carbocycles. The van der Waals surface area contributed by atoms with Gasteiger partial charge in [0.15, 0.2) is 0 Å². The molecule has 1 aromatic carbocycles. The van der Waals surface area contributed by atoms with Crippen LogP contribution in [0.4, 0.5) is 0 Å². The molecular weight excluding hydrogens is 248 g/mol. The van der Waals surface area contributed by atoms with Gasteiger partial charge in [0.25, 0.3) is 0 Å². The highest BCUT2D eigenvalue weighted by Crippen LogP contribution is 2.12. The fraction of sp³-hybridized carbons (Fsp3) is 0.611. The summed E-state index contributed by atoms with van der Waals surface area (Å²) >= 11 is 0. The van der Waals surface area contributed by atoms with E-state index < -0.39 is 0 Å². The van der Waals surface area contributed by atoms with Gasteiger partial charge in [0.2, 0.25) is 0 Å². The molecule has 0 saturated carbocycles. The first-order valence-electron chi connectivity index (χ1n) is 8.00. The Hall–Kier alpha value is -1.31. The normalized spacial score (nSPS) is 12.1. The summed E-state index contributed by atoms with van der Waals surface area (Å²) in [5.74, 6) is -0.207. The van der Waals surface area contributed by atoms with Gasteiger partial charge in [-0.15, -0.1) is 0 Å². The molecule has 0 amide bonds. The van der Waals surface area contributed by atoms with Gasteiger partial charge >= 0.3 is 5.97 Å². The van der Waals surface area contributed by atoms with Gasteiger partial charge in [-0.2, -0.15) is 0 Å².